The second kappa shape index (κ2) is 5.16. The van der Waals surface area contributed by atoms with Gasteiger partial charge in [-0.15, -0.1) is 0 Å². The highest BCUT2D eigenvalue weighted by molar-refractivity contribution is 5.46. The maximum Gasteiger partial charge on any atom is 0.213 e. The Morgan fingerprint density at radius 1 is 1.50 bits per heavy atom. The molecular formula is C12H19N3O. The summed E-state index contributed by atoms with van der Waals surface area (Å²) < 4.78 is 5.06. The number of nitrogens with one attached hydrogen (secondary N) is 1. The van der Waals surface area contributed by atoms with Crippen LogP contribution in [0.3, 0.4) is 0 Å². The number of nitrogens with zero attached hydrogens (tertiary/aromatic N) is 2. The number of piperidine rings is 1. The predicted octanol–water partition coefficient (Wildman–Crippen LogP) is 1.28. The lowest BCUT2D eigenvalue weighted by atomic mass is 10.1. The first-order valence-corrected chi connectivity index (χ1v) is 5.75. The molecule has 1 aliphatic heterocycles. The van der Waals surface area contributed by atoms with Gasteiger partial charge < -0.3 is 15.0 Å². The van der Waals surface area contributed by atoms with Crippen molar-refractivity contribution in [2.24, 2.45) is 0 Å². The number of aromatic nitrogens is 1. The minimum absolute atomic E-state index is 0.593. The Morgan fingerprint density at radius 3 is 3.00 bits per heavy atom. The topological polar surface area (TPSA) is 37.4 Å². The van der Waals surface area contributed by atoms with Gasteiger partial charge in [-0.3, -0.25) is 0 Å². The van der Waals surface area contributed by atoms with Crippen molar-refractivity contribution in [2.75, 3.05) is 32.1 Å². The molecule has 0 radical (unpaired) electrons. The summed E-state index contributed by atoms with van der Waals surface area (Å²) in [6.07, 6.45) is 4.38. The van der Waals surface area contributed by atoms with Crippen molar-refractivity contribution >= 4 is 5.69 Å². The molecule has 0 aromatic carbocycles. The Bertz CT molecular complexity index is 326. The zero-order chi connectivity index (χ0) is 11.4. The fourth-order valence-electron chi connectivity index (χ4n) is 2.13. The van der Waals surface area contributed by atoms with Gasteiger partial charge in [-0.1, -0.05) is 0 Å². The number of anilines is 1. The van der Waals surface area contributed by atoms with E-state index in [0.29, 0.717) is 11.9 Å². The largest absolute Gasteiger partial charge is 0.481 e. The fourth-order valence-corrected chi connectivity index (χ4v) is 2.13. The molecule has 2 heterocycles. The lowest BCUT2D eigenvalue weighted by molar-refractivity contribution is 0.397. The monoisotopic (exact) mass is 221 g/mol. The van der Waals surface area contributed by atoms with Crippen LogP contribution in [0.15, 0.2) is 18.3 Å². The van der Waals surface area contributed by atoms with Gasteiger partial charge >= 0.3 is 0 Å². The summed E-state index contributed by atoms with van der Waals surface area (Å²) in [7, 11) is 3.67. The first kappa shape index (κ1) is 11.2. The molecule has 0 amide bonds. The second-order valence-electron chi connectivity index (χ2n) is 4.13. The molecule has 0 bridgehead atoms. The maximum absolute atomic E-state index is 5.06. The number of rotatable bonds is 3. The summed E-state index contributed by atoms with van der Waals surface area (Å²) in [5.74, 6) is 0.672. The summed E-state index contributed by atoms with van der Waals surface area (Å²) in [5, 5.41) is 3.34. The van der Waals surface area contributed by atoms with Crippen molar-refractivity contribution in [1.29, 1.82) is 0 Å². The van der Waals surface area contributed by atoms with E-state index in [1.165, 1.54) is 18.5 Å². The summed E-state index contributed by atoms with van der Waals surface area (Å²) in [5.41, 5.74) is 1.18. The highest BCUT2D eigenvalue weighted by Gasteiger charge is 2.18. The SMILES string of the molecule is CNC1CCCN(c2ccc(OC)nc2)C1. The number of pyridine rings is 1. The zero-order valence-corrected chi connectivity index (χ0v) is 9.94. The third-order valence-corrected chi connectivity index (χ3v) is 3.12. The summed E-state index contributed by atoms with van der Waals surface area (Å²) in [4.78, 5) is 6.61. The molecule has 0 aliphatic carbocycles. The standard InChI is InChI=1S/C12H19N3O/c1-13-10-4-3-7-15(9-10)11-5-6-12(16-2)14-8-11/h5-6,8,10,13H,3-4,7,9H2,1-2H3. The van der Waals surface area contributed by atoms with Crippen LogP contribution in [0, 0.1) is 0 Å². The van der Waals surface area contributed by atoms with Crippen molar-refractivity contribution in [3.63, 3.8) is 0 Å². The Kier molecular flexibility index (Phi) is 3.62. The van der Waals surface area contributed by atoms with Crippen LogP contribution in [0.5, 0.6) is 5.88 Å². The summed E-state index contributed by atoms with van der Waals surface area (Å²) in [6, 6.07) is 4.58. The number of likely N-dealkylation sites (N-methyl/N-ethyl adjacent to an activating group) is 1. The van der Waals surface area contributed by atoms with Gasteiger partial charge in [0.25, 0.3) is 0 Å². The molecule has 1 aromatic heterocycles. The van der Waals surface area contributed by atoms with E-state index in [1.807, 2.05) is 19.3 Å². The van der Waals surface area contributed by atoms with Crippen LogP contribution < -0.4 is 15.0 Å². The van der Waals surface area contributed by atoms with Gasteiger partial charge in [0.15, 0.2) is 0 Å². The van der Waals surface area contributed by atoms with Gasteiger partial charge in [-0.25, -0.2) is 4.98 Å². The van der Waals surface area contributed by atoms with Gasteiger partial charge in [0.1, 0.15) is 0 Å². The van der Waals surface area contributed by atoms with E-state index in [-0.39, 0.29) is 0 Å². The molecule has 4 nitrogen and oxygen atoms in total. The molecule has 88 valence electrons. The van der Waals surface area contributed by atoms with Gasteiger partial charge in [0.2, 0.25) is 5.88 Å². The van der Waals surface area contributed by atoms with Crippen LogP contribution in [0.2, 0.25) is 0 Å². The van der Waals surface area contributed by atoms with Gasteiger partial charge in [0, 0.05) is 25.2 Å². The maximum atomic E-state index is 5.06. The number of hydrogen-bond donors (Lipinski definition) is 1. The van der Waals surface area contributed by atoms with Crippen molar-refractivity contribution in [3.05, 3.63) is 18.3 Å². The Morgan fingerprint density at radius 2 is 2.38 bits per heavy atom. The van der Waals surface area contributed by atoms with E-state index in [4.69, 9.17) is 4.74 Å². The number of hydrogen-bond acceptors (Lipinski definition) is 4. The molecule has 0 spiro atoms. The summed E-state index contributed by atoms with van der Waals surface area (Å²) in [6.45, 7) is 2.18. The minimum Gasteiger partial charge on any atom is -0.481 e. The molecule has 1 saturated heterocycles. The van der Waals surface area contributed by atoms with E-state index in [2.05, 4.69) is 21.3 Å². The average Bonchev–Trinajstić information content (AvgIpc) is 2.39. The molecule has 1 fully saturated rings. The molecule has 16 heavy (non-hydrogen) atoms. The average molecular weight is 221 g/mol. The van der Waals surface area contributed by atoms with Crippen LogP contribution in [0.25, 0.3) is 0 Å². The molecule has 0 saturated carbocycles. The predicted molar refractivity (Wildman–Crippen MR) is 65.1 cm³/mol. The summed E-state index contributed by atoms with van der Waals surface area (Å²) >= 11 is 0. The third-order valence-electron chi connectivity index (χ3n) is 3.12. The normalized spacial score (nSPS) is 20.9. The first-order valence-electron chi connectivity index (χ1n) is 5.75. The smallest absolute Gasteiger partial charge is 0.213 e. The molecule has 1 aliphatic rings. The van der Waals surface area contributed by atoms with Gasteiger partial charge in [-0.2, -0.15) is 0 Å². The minimum atomic E-state index is 0.593. The second-order valence-corrected chi connectivity index (χ2v) is 4.13. The fraction of sp³-hybridized carbons (Fsp3) is 0.583. The lowest BCUT2D eigenvalue weighted by Crippen LogP contribution is -2.44. The van der Waals surface area contributed by atoms with E-state index >= 15 is 0 Å². The van der Waals surface area contributed by atoms with Crippen LogP contribution in [-0.4, -0.2) is 38.3 Å². The molecule has 1 aromatic rings. The zero-order valence-electron chi connectivity index (χ0n) is 9.94. The number of methoxy groups -OCH3 is 1. The first-order chi connectivity index (χ1) is 7.83. The van der Waals surface area contributed by atoms with Crippen molar-refractivity contribution in [3.8, 4) is 5.88 Å². The molecule has 2 rings (SSSR count). The number of ether oxygens (including phenoxy) is 1. The quantitative estimate of drug-likeness (QED) is 0.834. The van der Waals surface area contributed by atoms with Crippen LogP contribution in [0.4, 0.5) is 5.69 Å². The molecule has 1 unspecified atom stereocenters. The molecular weight excluding hydrogens is 202 g/mol. The van der Waals surface area contributed by atoms with Crippen molar-refractivity contribution < 1.29 is 4.74 Å². The van der Waals surface area contributed by atoms with E-state index < -0.39 is 0 Å². The molecule has 1 N–H and O–H groups in total. The highest BCUT2D eigenvalue weighted by Crippen LogP contribution is 2.20. The Labute approximate surface area is 96.6 Å². The van der Waals surface area contributed by atoms with Crippen molar-refractivity contribution in [2.45, 2.75) is 18.9 Å². The third kappa shape index (κ3) is 2.44. The highest BCUT2D eigenvalue weighted by atomic mass is 16.5. The van der Waals surface area contributed by atoms with Crippen molar-refractivity contribution in [1.82, 2.24) is 10.3 Å². The molecule has 4 heteroatoms. The van der Waals surface area contributed by atoms with Crippen LogP contribution in [-0.2, 0) is 0 Å². The van der Waals surface area contributed by atoms with E-state index in [9.17, 15) is 0 Å². The molecule has 1 atom stereocenters. The Balaban J connectivity index is 2.05. The van der Waals surface area contributed by atoms with Crippen LogP contribution in [0.1, 0.15) is 12.8 Å². The van der Waals surface area contributed by atoms with E-state index in [0.717, 1.165) is 13.1 Å². The lowest BCUT2D eigenvalue weighted by Gasteiger charge is -2.34. The van der Waals surface area contributed by atoms with Gasteiger partial charge in [0.05, 0.1) is 19.0 Å². The van der Waals surface area contributed by atoms with E-state index in [1.54, 1.807) is 7.11 Å². The van der Waals surface area contributed by atoms with Crippen LogP contribution >= 0.6 is 0 Å². The van der Waals surface area contributed by atoms with Gasteiger partial charge in [-0.05, 0) is 26.0 Å². The Hall–Kier alpha value is -1.29.